The van der Waals surface area contributed by atoms with E-state index >= 15 is 0 Å². The third kappa shape index (κ3) is 2.85. The number of para-hydroxylation sites is 2. The topological polar surface area (TPSA) is 84.2 Å². The molecule has 1 aromatic heterocycles. The molecule has 0 radical (unpaired) electrons. The highest BCUT2D eigenvalue weighted by atomic mass is 16.4. The smallest absolute Gasteiger partial charge is 0.352 e. The molecular weight excluding hydrogens is 258 g/mol. The number of carbonyl (C=O) groups excluding carboxylic acids is 1. The van der Waals surface area contributed by atoms with Crippen LogP contribution in [-0.2, 0) is 23.1 Å². The number of allylic oxidation sites excluding steroid dienone is 1. The number of hydrogen-bond donors (Lipinski definition) is 2. The van der Waals surface area contributed by atoms with Gasteiger partial charge in [0.05, 0.1) is 11.0 Å². The molecule has 6 heteroatoms. The normalized spacial score (nSPS) is 11.6. The number of carboxylic acids is 1. The van der Waals surface area contributed by atoms with Gasteiger partial charge in [0.1, 0.15) is 11.5 Å². The molecule has 0 saturated carbocycles. The molecule has 0 saturated heterocycles. The standard InChI is InChI=1S/C14H15N3O3/c1-9(18)15-11(14(19)20)7-8-13-16-10-5-3-4-6-12(10)17(13)2/h3-7H,8H2,1-2H3,(H,15,18)(H,19,20)/b11-7+. The van der Waals surface area contributed by atoms with Crippen molar-refractivity contribution in [2.75, 3.05) is 0 Å². The number of imidazole rings is 1. The van der Waals surface area contributed by atoms with Gasteiger partial charge in [-0.2, -0.15) is 0 Å². The van der Waals surface area contributed by atoms with E-state index in [1.807, 2.05) is 35.9 Å². The lowest BCUT2D eigenvalue weighted by Gasteiger charge is -2.03. The molecule has 0 aliphatic carbocycles. The van der Waals surface area contributed by atoms with Gasteiger partial charge in [0.2, 0.25) is 5.91 Å². The van der Waals surface area contributed by atoms with E-state index in [0.29, 0.717) is 6.42 Å². The fourth-order valence-electron chi connectivity index (χ4n) is 1.95. The number of fused-ring (bicyclic) bond motifs is 1. The summed E-state index contributed by atoms with van der Waals surface area (Å²) in [7, 11) is 1.87. The fraction of sp³-hybridized carbons (Fsp3) is 0.214. The molecular formula is C14H15N3O3. The van der Waals surface area contributed by atoms with E-state index in [0.717, 1.165) is 16.9 Å². The van der Waals surface area contributed by atoms with Gasteiger partial charge in [-0.15, -0.1) is 0 Å². The third-order valence-electron chi connectivity index (χ3n) is 2.91. The summed E-state index contributed by atoms with van der Waals surface area (Å²) in [5.41, 5.74) is 1.70. The van der Waals surface area contributed by atoms with Gasteiger partial charge in [-0.05, 0) is 18.2 Å². The van der Waals surface area contributed by atoms with Crippen LogP contribution < -0.4 is 5.32 Å². The Labute approximate surface area is 115 Å². The number of aryl methyl sites for hydroxylation is 1. The maximum Gasteiger partial charge on any atom is 0.352 e. The largest absolute Gasteiger partial charge is 0.477 e. The van der Waals surface area contributed by atoms with Gasteiger partial charge in [0, 0.05) is 20.4 Å². The van der Waals surface area contributed by atoms with Crippen molar-refractivity contribution in [1.29, 1.82) is 0 Å². The maximum atomic E-state index is 11.0. The van der Waals surface area contributed by atoms with Gasteiger partial charge in [-0.3, -0.25) is 4.79 Å². The summed E-state index contributed by atoms with van der Waals surface area (Å²) < 4.78 is 1.90. The number of aromatic nitrogens is 2. The van der Waals surface area contributed by atoms with Crippen LogP contribution in [0.5, 0.6) is 0 Å². The molecule has 0 atom stereocenters. The lowest BCUT2D eigenvalue weighted by Crippen LogP contribution is -2.25. The zero-order chi connectivity index (χ0) is 14.7. The Morgan fingerprint density at radius 1 is 1.40 bits per heavy atom. The Kier molecular flexibility index (Phi) is 3.84. The highest BCUT2D eigenvalue weighted by Crippen LogP contribution is 2.14. The SMILES string of the molecule is CC(=O)N/C(=C/Cc1nc2ccccc2n1C)C(=O)O. The summed E-state index contributed by atoms with van der Waals surface area (Å²) in [5.74, 6) is -0.849. The summed E-state index contributed by atoms with van der Waals surface area (Å²) in [6, 6.07) is 7.66. The molecule has 2 N–H and O–H groups in total. The van der Waals surface area contributed by atoms with E-state index in [9.17, 15) is 9.59 Å². The minimum atomic E-state index is -1.17. The van der Waals surface area contributed by atoms with E-state index in [4.69, 9.17) is 5.11 Å². The first-order chi connectivity index (χ1) is 9.49. The number of rotatable bonds is 4. The average Bonchev–Trinajstić information content (AvgIpc) is 2.71. The van der Waals surface area contributed by atoms with Crippen molar-refractivity contribution in [3.05, 3.63) is 41.9 Å². The minimum Gasteiger partial charge on any atom is -0.477 e. The Bertz CT molecular complexity index is 701. The molecule has 0 aliphatic heterocycles. The molecule has 0 unspecified atom stereocenters. The van der Waals surface area contributed by atoms with Crippen LogP contribution in [0.2, 0.25) is 0 Å². The molecule has 1 heterocycles. The van der Waals surface area contributed by atoms with Crippen LogP contribution in [0.15, 0.2) is 36.0 Å². The van der Waals surface area contributed by atoms with Crippen LogP contribution in [0, 0.1) is 0 Å². The summed E-state index contributed by atoms with van der Waals surface area (Å²) >= 11 is 0. The Hall–Kier alpha value is -2.63. The third-order valence-corrected chi connectivity index (χ3v) is 2.91. The molecule has 0 spiro atoms. The van der Waals surface area contributed by atoms with Gasteiger partial charge in [-0.25, -0.2) is 9.78 Å². The molecule has 6 nitrogen and oxygen atoms in total. The Morgan fingerprint density at radius 2 is 2.10 bits per heavy atom. The van der Waals surface area contributed by atoms with E-state index in [-0.39, 0.29) is 5.70 Å². The number of aliphatic carboxylic acids is 1. The van der Waals surface area contributed by atoms with E-state index in [1.165, 1.54) is 13.0 Å². The number of nitrogens with one attached hydrogen (secondary N) is 1. The molecule has 20 heavy (non-hydrogen) atoms. The van der Waals surface area contributed by atoms with Gasteiger partial charge in [0.25, 0.3) is 0 Å². The number of amides is 1. The molecule has 104 valence electrons. The zero-order valence-corrected chi connectivity index (χ0v) is 11.3. The van der Waals surface area contributed by atoms with Crippen molar-refractivity contribution in [3.63, 3.8) is 0 Å². The molecule has 2 rings (SSSR count). The van der Waals surface area contributed by atoms with Crippen LogP contribution in [0.3, 0.4) is 0 Å². The second kappa shape index (κ2) is 5.56. The summed E-state index contributed by atoms with van der Waals surface area (Å²) in [4.78, 5) is 26.4. The summed E-state index contributed by atoms with van der Waals surface area (Å²) in [6.07, 6.45) is 1.78. The van der Waals surface area contributed by atoms with Crippen molar-refractivity contribution in [2.24, 2.45) is 7.05 Å². The maximum absolute atomic E-state index is 11.0. The first-order valence-corrected chi connectivity index (χ1v) is 6.10. The van der Waals surface area contributed by atoms with Gasteiger partial charge in [0.15, 0.2) is 0 Å². The highest BCUT2D eigenvalue weighted by Gasteiger charge is 2.10. The monoisotopic (exact) mass is 273 g/mol. The lowest BCUT2D eigenvalue weighted by atomic mass is 10.3. The van der Waals surface area contributed by atoms with Crippen LogP contribution in [0.25, 0.3) is 11.0 Å². The number of hydrogen-bond acceptors (Lipinski definition) is 3. The van der Waals surface area contributed by atoms with Gasteiger partial charge >= 0.3 is 5.97 Å². The zero-order valence-electron chi connectivity index (χ0n) is 11.3. The first kappa shape index (κ1) is 13.8. The van der Waals surface area contributed by atoms with Gasteiger partial charge < -0.3 is 15.0 Å². The van der Waals surface area contributed by atoms with Crippen molar-refractivity contribution in [1.82, 2.24) is 14.9 Å². The van der Waals surface area contributed by atoms with Crippen LogP contribution >= 0.6 is 0 Å². The Morgan fingerprint density at radius 3 is 2.70 bits per heavy atom. The molecule has 0 bridgehead atoms. The molecule has 0 fully saturated rings. The second-order valence-electron chi connectivity index (χ2n) is 4.38. The predicted octanol–water partition coefficient (Wildman–Crippen LogP) is 1.22. The summed E-state index contributed by atoms with van der Waals surface area (Å²) in [6.45, 7) is 1.27. The second-order valence-corrected chi connectivity index (χ2v) is 4.38. The van der Waals surface area contributed by atoms with Crippen LogP contribution in [0.4, 0.5) is 0 Å². The number of carboxylic acid groups (broad SMARTS) is 1. The van der Waals surface area contributed by atoms with Crippen molar-refractivity contribution >= 4 is 22.9 Å². The first-order valence-electron chi connectivity index (χ1n) is 6.10. The van der Waals surface area contributed by atoms with Crippen molar-refractivity contribution in [2.45, 2.75) is 13.3 Å². The van der Waals surface area contributed by atoms with E-state index < -0.39 is 11.9 Å². The van der Waals surface area contributed by atoms with Crippen LogP contribution in [0.1, 0.15) is 12.7 Å². The molecule has 0 aliphatic rings. The molecule has 1 amide bonds. The molecule has 1 aromatic carbocycles. The van der Waals surface area contributed by atoms with Crippen molar-refractivity contribution in [3.8, 4) is 0 Å². The number of carbonyl (C=O) groups is 2. The lowest BCUT2D eigenvalue weighted by molar-refractivity contribution is -0.134. The highest BCUT2D eigenvalue weighted by molar-refractivity contribution is 5.91. The summed E-state index contributed by atoms with van der Waals surface area (Å²) in [5, 5.41) is 11.3. The average molecular weight is 273 g/mol. The van der Waals surface area contributed by atoms with E-state index in [2.05, 4.69) is 10.3 Å². The van der Waals surface area contributed by atoms with Gasteiger partial charge in [-0.1, -0.05) is 12.1 Å². The van der Waals surface area contributed by atoms with Crippen molar-refractivity contribution < 1.29 is 14.7 Å². The minimum absolute atomic E-state index is 0.135. The molecule has 2 aromatic rings. The number of nitrogens with zero attached hydrogens (tertiary/aromatic N) is 2. The quantitative estimate of drug-likeness (QED) is 0.820. The van der Waals surface area contributed by atoms with Crippen LogP contribution in [-0.4, -0.2) is 26.5 Å². The fourth-order valence-corrected chi connectivity index (χ4v) is 1.95. The predicted molar refractivity (Wildman–Crippen MR) is 74.0 cm³/mol. The van der Waals surface area contributed by atoms with E-state index in [1.54, 1.807) is 0 Å². The Balaban J connectivity index is 2.29. The number of benzene rings is 1.